The molecule has 2 atom stereocenters. The lowest BCUT2D eigenvalue weighted by atomic mass is 9.80. The van der Waals surface area contributed by atoms with Crippen LogP contribution in [0.15, 0.2) is 24.3 Å². The second kappa shape index (κ2) is 5.91. The van der Waals surface area contributed by atoms with Gasteiger partial charge in [-0.3, -0.25) is 4.79 Å². The molecule has 2 N–H and O–H groups in total. The quantitative estimate of drug-likeness (QED) is 0.901. The van der Waals surface area contributed by atoms with Gasteiger partial charge in [-0.2, -0.15) is 0 Å². The molecule has 4 nitrogen and oxygen atoms in total. The first-order valence-electron chi connectivity index (χ1n) is 8.98. The standard InChI is InChI=1S/C19H27N3O/c1-19(8-9-20-12-19)13-22-10-6-14(7-11-22)17-15-4-2-3-5-16(15)21-18(17)23/h2-5,14,17,20H,6-13H2,1H3,(H,21,23). The van der Waals surface area contributed by atoms with Crippen molar-refractivity contribution in [2.75, 3.05) is 38.0 Å². The molecule has 0 radical (unpaired) electrons. The largest absolute Gasteiger partial charge is 0.325 e. The predicted molar refractivity (Wildman–Crippen MR) is 92.6 cm³/mol. The van der Waals surface area contributed by atoms with Gasteiger partial charge >= 0.3 is 0 Å². The minimum absolute atomic E-state index is 0.0667. The van der Waals surface area contributed by atoms with Crippen molar-refractivity contribution in [3.63, 3.8) is 0 Å². The van der Waals surface area contributed by atoms with E-state index in [1.54, 1.807) is 0 Å². The summed E-state index contributed by atoms with van der Waals surface area (Å²) in [5.41, 5.74) is 2.67. The molecule has 0 saturated carbocycles. The van der Waals surface area contributed by atoms with Crippen LogP contribution in [0.2, 0.25) is 0 Å². The van der Waals surface area contributed by atoms with Crippen molar-refractivity contribution in [3.05, 3.63) is 29.8 Å². The van der Waals surface area contributed by atoms with Crippen molar-refractivity contribution >= 4 is 11.6 Å². The van der Waals surface area contributed by atoms with Crippen LogP contribution in [0.25, 0.3) is 0 Å². The van der Waals surface area contributed by atoms with Crippen molar-refractivity contribution in [2.45, 2.75) is 32.1 Å². The molecule has 0 bridgehead atoms. The number of carbonyl (C=O) groups excluding carboxylic acids is 1. The number of nitrogens with one attached hydrogen (secondary N) is 2. The molecule has 1 aromatic carbocycles. The molecule has 2 unspecified atom stereocenters. The van der Waals surface area contributed by atoms with Crippen LogP contribution in [0.3, 0.4) is 0 Å². The molecule has 4 heteroatoms. The fourth-order valence-electron chi connectivity index (χ4n) is 4.69. The topological polar surface area (TPSA) is 44.4 Å². The van der Waals surface area contributed by atoms with Crippen LogP contribution in [-0.4, -0.2) is 43.5 Å². The first-order valence-corrected chi connectivity index (χ1v) is 8.98. The number of rotatable bonds is 3. The molecule has 3 heterocycles. The fraction of sp³-hybridized carbons (Fsp3) is 0.632. The molecule has 3 aliphatic rings. The van der Waals surface area contributed by atoms with Crippen molar-refractivity contribution in [3.8, 4) is 0 Å². The number of fused-ring (bicyclic) bond motifs is 1. The number of carbonyl (C=O) groups is 1. The van der Waals surface area contributed by atoms with Crippen LogP contribution in [0.5, 0.6) is 0 Å². The first kappa shape index (κ1) is 15.2. The summed E-state index contributed by atoms with van der Waals surface area (Å²) in [6.45, 7) is 8.16. The second-order valence-electron chi connectivity index (χ2n) is 7.91. The molecule has 4 rings (SSSR count). The Kier molecular flexibility index (Phi) is 3.90. The smallest absolute Gasteiger partial charge is 0.232 e. The summed E-state index contributed by atoms with van der Waals surface area (Å²) in [7, 11) is 0. The SMILES string of the molecule is CC1(CN2CCC(C3C(=O)Nc4ccccc43)CC2)CCNC1. The second-order valence-corrected chi connectivity index (χ2v) is 7.91. The van der Waals surface area contributed by atoms with Crippen LogP contribution in [0.1, 0.15) is 37.7 Å². The highest BCUT2D eigenvalue weighted by atomic mass is 16.2. The zero-order valence-electron chi connectivity index (χ0n) is 14.0. The molecule has 3 aliphatic heterocycles. The lowest BCUT2D eigenvalue weighted by Crippen LogP contribution is -2.43. The van der Waals surface area contributed by atoms with Crippen LogP contribution < -0.4 is 10.6 Å². The maximum Gasteiger partial charge on any atom is 0.232 e. The highest BCUT2D eigenvalue weighted by Crippen LogP contribution is 2.41. The molecule has 2 fully saturated rings. The van der Waals surface area contributed by atoms with Crippen LogP contribution in [0.4, 0.5) is 5.69 Å². The number of likely N-dealkylation sites (tertiary alicyclic amines) is 1. The summed E-state index contributed by atoms with van der Waals surface area (Å²) in [6, 6.07) is 8.20. The van der Waals surface area contributed by atoms with E-state index in [1.807, 2.05) is 12.1 Å². The lowest BCUT2D eigenvalue weighted by Gasteiger charge is -2.38. The van der Waals surface area contributed by atoms with E-state index in [4.69, 9.17) is 0 Å². The van der Waals surface area contributed by atoms with Gasteiger partial charge in [0.2, 0.25) is 5.91 Å². The number of para-hydroxylation sites is 1. The van der Waals surface area contributed by atoms with Gasteiger partial charge in [-0.05, 0) is 61.9 Å². The summed E-state index contributed by atoms with van der Waals surface area (Å²) in [4.78, 5) is 15.0. The number of piperidine rings is 1. The molecular formula is C19H27N3O. The average molecular weight is 313 g/mol. The van der Waals surface area contributed by atoms with Gasteiger partial charge in [0, 0.05) is 18.8 Å². The van der Waals surface area contributed by atoms with E-state index in [1.165, 1.54) is 18.5 Å². The molecule has 0 aliphatic carbocycles. The molecule has 124 valence electrons. The minimum Gasteiger partial charge on any atom is -0.325 e. The Balaban J connectivity index is 1.39. The molecule has 1 amide bonds. The van der Waals surface area contributed by atoms with Gasteiger partial charge in [-0.15, -0.1) is 0 Å². The normalized spacial score (nSPS) is 32.0. The third kappa shape index (κ3) is 2.90. The number of amides is 1. The van der Waals surface area contributed by atoms with Crippen molar-refractivity contribution < 1.29 is 4.79 Å². The first-order chi connectivity index (χ1) is 11.1. The van der Waals surface area contributed by atoms with Crippen molar-refractivity contribution in [1.29, 1.82) is 0 Å². The minimum atomic E-state index is 0.0667. The van der Waals surface area contributed by atoms with E-state index < -0.39 is 0 Å². The highest BCUT2D eigenvalue weighted by molar-refractivity contribution is 6.03. The third-order valence-electron chi connectivity index (χ3n) is 6.00. The zero-order valence-corrected chi connectivity index (χ0v) is 14.0. The zero-order chi connectivity index (χ0) is 15.9. The summed E-state index contributed by atoms with van der Waals surface area (Å²) in [6.07, 6.45) is 3.55. The third-order valence-corrected chi connectivity index (χ3v) is 6.00. The van der Waals surface area contributed by atoms with Crippen LogP contribution >= 0.6 is 0 Å². The van der Waals surface area contributed by atoms with Gasteiger partial charge < -0.3 is 15.5 Å². The molecular weight excluding hydrogens is 286 g/mol. The van der Waals surface area contributed by atoms with E-state index in [9.17, 15) is 4.79 Å². The van der Waals surface area contributed by atoms with E-state index in [-0.39, 0.29) is 11.8 Å². The van der Waals surface area contributed by atoms with Crippen molar-refractivity contribution in [2.24, 2.45) is 11.3 Å². The van der Waals surface area contributed by atoms with E-state index >= 15 is 0 Å². The fourth-order valence-corrected chi connectivity index (χ4v) is 4.69. The van der Waals surface area contributed by atoms with Gasteiger partial charge in [-0.1, -0.05) is 25.1 Å². The number of benzene rings is 1. The van der Waals surface area contributed by atoms with Gasteiger partial charge in [0.25, 0.3) is 0 Å². The van der Waals surface area contributed by atoms with Crippen molar-refractivity contribution in [1.82, 2.24) is 10.2 Å². The van der Waals surface area contributed by atoms with E-state index in [0.717, 1.165) is 44.7 Å². The maximum absolute atomic E-state index is 12.4. The molecule has 0 aromatic heterocycles. The maximum atomic E-state index is 12.4. The monoisotopic (exact) mass is 313 g/mol. The van der Waals surface area contributed by atoms with Gasteiger partial charge in [0.05, 0.1) is 5.92 Å². The van der Waals surface area contributed by atoms with Crippen LogP contribution in [-0.2, 0) is 4.79 Å². The van der Waals surface area contributed by atoms with Gasteiger partial charge in [0.1, 0.15) is 0 Å². The Bertz CT molecular complexity index is 586. The number of nitrogens with zero attached hydrogens (tertiary/aromatic N) is 1. The Hall–Kier alpha value is -1.39. The highest BCUT2D eigenvalue weighted by Gasteiger charge is 2.39. The molecule has 0 spiro atoms. The summed E-state index contributed by atoms with van der Waals surface area (Å²) >= 11 is 0. The Morgan fingerprint density at radius 2 is 2.04 bits per heavy atom. The van der Waals surface area contributed by atoms with Crippen LogP contribution in [0, 0.1) is 11.3 Å². The molecule has 23 heavy (non-hydrogen) atoms. The summed E-state index contributed by atoms with van der Waals surface area (Å²) in [5.74, 6) is 0.762. The number of hydrogen-bond donors (Lipinski definition) is 2. The van der Waals surface area contributed by atoms with E-state index in [0.29, 0.717) is 11.3 Å². The molecule has 2 saturated heterocycles. The summed E-state index contributed by atoms with van der Waals surface area (Å²) < 4.78 is 0. The Labute approximate surface area is 138 Å². The Morgan fingerprint density at radius 1 is 1.26 bits per heavy atom. The Morgan fingerprint density at radius 3 is 2.78 bits per heavy atom. The lowest BCUT2D eigenvalue weighted by molar-refractivity contribution is -0.118. The molecule has 1 aromatic rings. The van der Waals surface area contributed by atoms with Gasteiger partial charge in [-0.25, -0.2) is 0 Å². The van der Waals surface area contributed by atoms with E-state index in [2.05, 4.69) is 34.6 Å². The summed E-state index contributed by atoms with van der Waals surface area (Å²) in [5, 5.41) is 6.55. The average Bonchev–Trinajstić information content (AvgIpc) is 3.11. The number of hydrogen-bond acceptors (Lipinski definition) is 3. The van der Waals surface area contributed by atoms with Gasteiger partial charge in [0.15, 0.2) is 0 Å². The predicted octanol–water partition coefficient (Wildman–Crippen LogP) is 2.43. The number of anilines is 1.